The van der Waals surface area contributed by atoms with Crippen LogP contribution in [0.3, 0.4) is 0 Å². The highest BCUT2D eigenvalue weighted by Gasteiger charge is 2.14. The van der Waals surface area contributed by atoms with Crippen LogP contribution in [0.2, 0.25) is 0 Å². The number of hydrogen-bond donors (Lipinski definition) is 1. The summed E-state index contributed by atoms with van der Waals surface area (Å²) in [7, 11) is 0. The molecule has 0 aliphatic rings. The van der Waals surface area contributed by atoms with Crippen molar-refractivity contribution < 1.29 is 4.74 Å². The third kappa shape index (κ3) is 3.81. The van der Waals surface area contributed by atoms with Crippen molar-refractivity contribution in [2.75, 3.05) is 18.5 Å². The highest BCUT2D eigenvalue weighted by Crippen LogP contribution is 2.14. The molecule has 0 bridgehead atoms. The highest BCUT2D eigenvalue weighted by molar-refractivity contribution is 5.43. The number of aromatic nitrogens is 1. The normalized spacial score (nSPS) is 12.8. The van der Waals surface area contributed by atoms with Crippen molar-refractivity contribution in [3.8, 4) is 0 Å². The van der Waals surface area contributed by atoms with Crippen LogP contribution in [-0.4, -0.2) is 24.2 Å². The van der Waals surface area contributed by atoms with E-state index in [9.17, 15) is 0 Å². The molecule has 0 aliphatic carbocycles. The lowest BCUT2D eigenvalue weighted by Crippen LogP contribution is -2.31. The fourth-order valence-electron chi connectivity index (χ4n) is 1.46. The zero-order chi connectivity index (χ0) is 12.0. The molecule has 1 atom stereocenters. The Morgan fingerprint density at radius 1 is 1.44 bits per heavy atom. The standard InChI is InChI=1S/C13H22N2O/c1-5-16-9-12(10(2)3)15-13-11(4)7-6-8-14-13/h6-8,10,12H,5,9H2,1-4H3,(H,14,15). The van der Waals surface area contributed by atoms with Gasteiger partial charge in [0.15, 0.2) is 0 Å². The van der Waals surface area contributed by atoms with Gasteiger partial charge in [-0.3, -0.25) is 0 Å². The van der Waals surface area contributed by atoms with Gasteiger partial charge in [-0.1, -0.05) is 19.9 Å². The van der Waals surface area contributed by atoms with Gasteiger partial charge in [-0.2, -0.15) is 0 Å². The number of rotatable bonds is 6. The first kappa shape index (κ1) is 13.0. The van der Waals surface area contributed by atoms with E-state index in [4.69, 9.17) is 4.74 Å². The van der Waals surface area contributed by atoms with Crippen LogP contribution in [0.4, 0.5) is 5.82 Å². The molecule has 90 valence electrons. The van der Waals surface area contributed by atoms with Crippen molar-refractivity contribution >= 4 is 5.82 Å². The zero-order valence-electron chi connectivity index (χ0n) is 10.7. The molecule has 3 nitrogen and oxygen atoms in total. The van der Waals surface area contributed by atoms with E-state index in [1.165, 1.54) is 5.56 Å². The Morgan fingerprint density at radius 3 is 2.75 bits per heavy atom. The lowest BCUT2D eigenvalue weighted by Gasteiger charge is -2.23. The minimum Gasteiger partial charge on any atom is -0.380 e. The van der Waals surface area contributed by atoms with Crippen LogP contribution in [0.5, 0.6) is 0 Å². The average molecular weight is 222 g/mol. The van der Waals surface area contributed by atoms with Crippen molar-refractivity contribution in [1.82, 2.24) is 4.98 Å². The van der Waals surface area contributed by atoms with E-state index in [0.717, 1.165) is 19.0 Å². The Morgan fingerprint density at radius 2 is 2.19 bits per heavy atom. The molecule has 0 aromatic carbocycles. The van der Waals surface area contributed by atoms with Gasteiger partial charge in [0.05, 0.1) is 12.6 Å². The van der Waals surface area contributed by atoms with E-state index in [1.807, 2.05) is 19.2 Å². The van der Waals surface area contributed by atoms with Crippen LogP contribution in [0, 0.1) is 12.8 Å². The van der Waals surface area contributed by atoms with E-state index < -0.39 is 0 Å². The summed E-state index contributed by atoms with van der Waals surface area (Å²) in [5.74, 6) is 1.48. The number of nitrogens with zero attached hydrogens (tertiary/aromatic N) is 1. The summed E-state index contributed by atoms with van der Waals surface area (Å²) in [6, 6.07) is 4.33. The Labute approximate surface area is 98.2 Å². The third-order valence-corrected chi connectivity index (χ3v) is 2.64. The molecule has 1 heterocycles. The molecule has 1 aromatic rings. The van der Waals surface area contributed by atoms with E-state index in [-0.39, 0.29) is 0 Å². The van der Waals surface area contributed by atoms with E-state index in [0.29, 0.717) is 12.0 Å². The summed E-state index contributed by atoms with van der Waals surface area (Å²) in [4.78, 5) is 4.34. The van der Waals surface area contributed by atoms with E-state index in [2.05, 4.69) is 37.1 Å². The SMILES string of the molecule is CCOCC(Nc1ncccc1C)C(C)C. The van der Waals surface area contributed by atoms with Gasteiger partial charge in [0.1, 0.15) is 5.82 Å². The second-order valence-corrected chi connectivity index (χ2v) is 4.32. The van der Waals surface area contributed by atoms with Gasteiger partial charge < -0.3 is 10.1 Å². The maximum atomic E-state index is 5.48. The summed E-state index contributed by atoms with van der Waals surface area (Å²) >= 11 is 0. The molecule has 0 fully saturated rings. The molecule has 1 aromatic heterocycles. The molecule has 3 heteroatoms. The maximum absolute atomic E-state index is 5.48. The molecule has 0 saturated carbocycles. The first-order chi connectivity index (χ1) is 7.65. The van der Waals surface area contributed by atoms with Gasteiger partial charge in [-0.15, -0.1) is 0 Å². The zero-order valence-corrected chi connectivity index (χ0v) is 10.7. The molecule has 0 radical (unpaired) electrons. The minimum absolute atomic E-state index is 0.313. The predicted molar refractivity (Wildman–Crippen MR) is 67.7 cm³/mol. The second kappa shape index (κ2) is 6.48. The number of pyridine rings is 1. The first-order valence-electron chi connectivity index (χ1n) is 5.91. The lowest BCUT2D eigenvalue weighted by molar-refractivity contribution is 0.126. The quantitative estimate of drug-likeness (QED) is 0.803. The minimum atomic E-state index is 0.313. The molecule has 1 N–H and O–H groups in total. The Bertz CT molecular complexity index is 313. The number of nitrogens with one attached hydrogen (secondary N) is 1. The molecule has 0 amide bonds. The average Bonchev–Trinajstić information content (AvgIpc) is 2.26. The van der Waals surface area contributed by atoms with Crippen LogP contribution >= 0.6 is 0 Å². The van der Waals surface area contributed by atoms with Gasteiger partial charge >= 0.3 is 0 Å². The van der Waals surface area contributed by atoms with Crippen LogP contribution in [0.1, 0.15) is 26.3 Å². The van der Waals surface area contributed by atoms with Gasteiger partial charge in [-0.25, -0.2) is 4.98 Å². The second-order valence-electron chi connectivity index (χ2n) is 4.32. The number of hydrogen-bond acceptors (Lipinski definition) is 3. The topological polar surface area (TPSA) is 34.1 Å². The lowest BCUT2D eigenvalue weighted by atomic mass is 10.1. The van der Waals surface area contributed by atoms with Crippen LogP contribution in [0.15, 0.2) is 18.3 Å². The highest BCUT2D eigenvalue weighted by atomic mass is 16.5. The molecule has 0 aliphatic heterocycles. The summed E-state index contributed by atoms with van der Waals surface area (Å²) in [6.45, 7) is 9.94. The largest absolute Gasteiger partial charge is 0.380 e. The van der Waals surface area contributed by atoms with E-state index in [1.54, 1.807) is 0 Å². The molecule has 16 heavy (non-hydrogen) atoms. The fraction of sp³-hybridized carbons (Fsp3) is 0.615. The van der Waals surface area contributed by atoms with Crippen LogP contribution in [0.25, 0.3) is 0 Å². The summed E-state index contributed by atoms with van der Waals surface area (Å²) in [5.41, 5.74) is 1.17. The molecule has 1 rings (SSSR count). The molecular weight excluding hydrogens is 200 g/mol. The van der Waals surface area contributed by atoms with Crippen LogP contribution in [-0.2, 0) is 4.74 Å². The van der Waals surface area contributed by atoms with E-state index >= 15 is 0 Å². The van der Waals surface area contributed by atoms with Gasteiger partial charge in [-0.05, 0) is 31.4 Å². The van der Waals surface area contributed by atoms with Crippen molar-refractivity contribution in [2.45, 2.75) is 33.7 Å². The van der Waals surface area contributed by atoms with Gasteiger partial charge in [0.2, 0.25) is 0 Å². The van der Waals surface area contributed by atoms with Crippen LogP contribution < -0.4 is 5.32 Å². The maximum Gasteiger partial charge on any atom is 0.129 e. The summed E-state index contributed by atoms with van der Waals surface area (Å²) < 4.78 is 5.48. The van der Waals surface area contributed by atoms with Crippen molar-refractivity contribution in [3.05, 3.63) is 23.9 Å². The Kier molecular flexibility index (Phi) is 5.26. The smallest absolute Gasteiger partial charge is 0.129 e. The van der Waals surface area contributed by atoms with Crippen molar-refractivity contribution in [1.29, 1.82) is 0 Å². The van der Waals surface area contributed by atoms with Crippen molar-refractivity contribution in [3.63, 3.8) is 0 Å². The molecule has 0 spiro atoms. The monoisotopic (exact) mass is 222 g/mol. The number of ether oxygens (including phenoxy) is 1. The predicted octanol–water partition coefficient (Wildman–Crippen LogP) is 2.86. The first-order valence-corrected chi connectivity index (χ1v) is 5.91. The Balaban J connectivity index is 2.64. The fourth-order valence-corrected chi connectivity index (χ4v) is 1.46. The molecular formula is C13H22N2O. The van der Waals surface area contributed by atoms with Crippen molar-refractivity contribution in [2.24, 2.45) is 5.92 Å². The number of aryl methyl sites for hydroxylation is 1. The third-order valence-electron chi connectivity index (χ3n) is 2.64. The Hall–Kier alpha value is -1.09. The van der Waals surface area contributed by atoms with Gasteiger partial charge in [0.25, 0.3) is 0 Å². The molecule has 1 unspecified atom stereocenters. The molecule has 0 saturated heterocycles. The summed E-state index contributed by atoms with van der Waals surface area (Å²) in [5, 5.41) is 3.45. The number of anilines is 1. The van der Waals surface area contributed by atoms with Gasteiger partial charge in [0, 0.05) is 12.8 Å². The summed E-state index contributed by atoms with van der Waals surface area (Å²) in [6.07, 6.45) is 1.81.